The summed E-state index contributed by atoms with van der Waals surface area (Å²) in [5, 5.41) is 0. The molecular formula is C33H62NO8P. The number of ether oxygens (including phenoxy) is 2. The van der Waals surface area contributed by atoms with Crippen LogP contribution in [-0.2, 0) is 32.7 Å². The highest BCUT2D eigenvalue weighted by atomic mass is 31.2. The van der Waals surface area contributed by atoms with Crippen molar-refractivity contribution in [1.82, 2.24) is 0 Å². The summed E-state index contributed by atoms with van der Waals surface area (Å²) in [5.41, 5.74) is 5.30. The van der Waals surface area contributed by atoms with Crippen LogP contribution in [0.15, 0.2) is 24.3 Å². The first-order valence-corrected chi connectivity index (χ1v) is 18.3. The molecule has 0 aliphatic rings. The highest BCUT2D eigenvalue weighted by Gasteiger charge is 2.25. The Kier molecular flexibility index (Phi) is 29.4. The molecule has 0 spiro atoms. The maximum Gasteiger partial charge on any atom is 0.472 e. The van der Waals surface area contributed by atoms with Crippen LogP contribution < -0.4 is 5.73 Å². The second-order valence-corrected chi connectivity index (χ2v) is 12.5. The van der Waals surface area contributed by atoms with Gasteiger partial charge in [-0.1, -0.05) is 122 Å². The normalized spacial score (nSPS) is 13.9. The lowest BCUT2D eigenvalue weighted by Gasteiger charge is -2.19. The molecule has 0 saturated carbocycles. The number of rotatable bonds is 31. The zero-order valence-corrected chi connectivity index (χ0v) is 28.1. The smallest absolute Gasteiger partial charge is 0.462 e. The van der Waals surface area contributed by atoms with Crippen molar-refractivity contribution in [3.63, 3.8) is 0 Å². The lowest BCUT2D eigenvalue weighted by atomic mass is 10.1. The summed E-state index contributed by atoms with van der Waals surface area (Å²) < 4.78 is 32.4. The SMILES string of the molecule is CCCCCCCC/C=C/C/C=C/CCC(=O)OC(COC(=O)CCCCCCCCCCC)COP(=O)(O)OCCN. The van der Waals surface area contributed by atoms with Crippen LogP contribution in [0.1, 0.15) is 142 Å². The minimum Gasteiger partial charge on any atom is -0.462 e. The molecule has 0 aromatic rings. The van der Waals surface area contributed by atoms with Crippen LogP contribution in [0.3, 0.4) is 0 Å². The van der Waals surface area contributed by atoms with E-state index in [9.17, 15) is 19.0 Å². The van der Waals surface area contributed by atoms with Gasteiger partial charge in [0.2, 0.25) is 0 Å². The number of carbonyl (C=O) groups excluding carboxylic acids is 2. The zero-order chi connectivity index (χ0) is 31.9. The number of hydrogen-bond donors (Lipinski definition) is 2. The fraction of sp³-hybridized carbons (Fsp3) is 0.818. The third-order valence-electron chi connectivity index (χ3n) is 6.85. The number of hydrogen-bond acceptors (Lipinski definition) is 8. The summed E-state index contributed by atoms with van der Waals surface area (Å²) in [7, 11) is -4.37. The van der Waals surface area contributed by atoms with Crippen LogP contribution in [0.25, 0.3) is 0 Å². The quantitative estimate of drug-likeness (QED) is 0.0334. The molecule has 9 nitrogen and oxygen atoms in total. The van der Waals surface area contributed by atoms with Gasteiger partial charge in [0, 0.05) is 19.4 Å². The lowest BCUT2D eigenvalue weighted by Crippen LogP contribution is -2.29. The predicted molar refractivity (Wildman–Crippen MR) is 174 cm³/mol. The van der Waals surface area contributed by atoms with Crippen molar-refractivity contribution in [2.75, 3.05) is 26.4 Å². The number of carbonyl (C=O) groups is 2. The van der Waals surface area contributed by atoms with Crippen molar-refractivity contribution in [1.29, 1.82) is 0 Å². The van der Waals surface area contributed by atoms with Crippen LogP contribution in [0.5, 0.6) is 0 Å². The molecule has 0 aliphatic heterocycles. The Labute approximate surface area is 261 Å². The van der Waals surface area contributed by atoms with Gasteiger partial charge >= 0.3 is 19.8 Å². The maximum absolute atomic E-state index is 12.4. The van der Waals surface area contributed by atoms with Gasteiger partial charge in [-0.25, -0.2) is 4.57 Å². The Hall–Kier alpha value is -1.51. The van der Waals surface area contributed by atoms with Crippen molar-refractivity contribution < 1.29 is 37.6 Å². The Bertz CT molecular complexity index is 774. The monoisotopic (exact) mass is 631 g/mol. The molecule has 252 valence electrons. The average molecular weight is 632 g/mol. The molecule has 0 fully saturated rings. The second-order valence-electron chi connectivity index (χ2n) is 11.0. The van der Waals surface area contributed by atoms with E-state index < -0.39 is 32.5 Å². The van der Waals surface area contributed by atoms with Crippen LogP contribution in [0, 0.1) is 0 Å². The van der Waals surface area contributed by atoms with Gasteiger partial charge < -0.3 is 20.1 Å². The minimum absolute atomic E-state index is 0.0469. The molecule has 0 aromatic carbocycles. The average Bonchev–Trinajstić information content (AvgIpc) is 2.99. The van der Waals surface area contributed by atoms with Gasteiger partial charge in [0.25, 0.3) is 0 Å². The van der Waals surface area contributed by atoms with E-state index in [-0.39, 0.29) is 32.6 Å². The molecule has 0 bridgehead atoms. The van der Waals surface area contributed by atoms with Gasteiger partial charge in [0.05, 0.1) is 13.2 Å². The van der Waals surface area contributed by atoms with E-state index >= 15 is 0 Å². The fourth-order valence-corrected chi connectivity index (χ4v) is 5.10. The number of phosphoric acid groups is 1. The Morgan fingerprint density at radius 1 is 0.698 bits per heavy atom. The molecule has 0 rings (SSSR count). The van der Waals surface area contributed by atoms with Gasteiger partial charge in [-0.15, -0.1) is 0 Å². The fourth-order valence-electron chi connectivity index (χ4n) is 4.33. The Morgan fingerprint density at radius 3 is 1.86 bits per heavy atom. The Morgan fingerprint density at radius 2 is 1.26 bits per heavy atom. The summed E-state index contributed by atoms with van der Waals surface area (Å²) in [6, 6.07) is 0. The Balaban J connectivity index is 4.39. The number of unbranched alkanes of at least 4 members (excludes halogenated alkanes) is 14. The maximum atomic E-state index is 12.4. The molecule has 0 aromatic heterocycles. The summed E-state index contributed by atoms with van der Waals surface area (Å²) in [6.07, 6.45) is 28.0. The van der Waals surface area contributed by atoms with Gasteiger partial charge in [0.15, 0.2) is 6.10 Å². The highest BCUT2D eigenvalue weighted by Crippen LogP contribution is 2.43. The van der Waals surface area contributed by atoms with Crippen molar-refractivity contribution in [2.24, 2.45) is 5.73 Å². The third-order valence-corrected chi connectivity index (χ3v) is 7.84. The zero-order valence-electron chi connectivity index (χ0n) is 27.2. The van der Waals surface area contributed by atoms with Crippen LogP contribution >= 0.6 is 7.82 Å². The van der Waals surface area contributed by atoms with Crippen LogP contribution in [0.2, 0.25) is 0 Å². The van der Waals surface area contributed by atoms with E-state index in [1.807, 2.05) is 12.2 Å². The van der Waals surface area contributed by atoms with Gasteiger partial charge in [-0.2, -0.15) is 0 Å². The predicted octanol–water partition coefficient (Wildman–Crippen LogP) is 8.49. The summed E-state index contributed by atoms with van der Waals surface area (Å²) in [6.45, 7) is 3.60. The molecule has 2 atom stereocenters. The highest BCUT2D eigenvalue weighted by molar-refractivity contribution is 7.47. The molecule has 0 amide bonds. The number of esters is 2. The summed E-state index contributed by atoms with van der Waals surface area (Å²) in [4.78, 5) is 34.4. The number of nitrogens with two attached hydrogens (primary N) is 1. The van der Waals surface area contributed by atoms with E-state index in [0.29, 0.717) is 6.42 Å². The number of allylic oxidation sites excluding steroid dienone is 4. The van der Waals surface area contributed by atoms with Crippen LogP contribution in [0.4, 0.5) is 0 Å². The number of phosphoric ester groups is 1. The molecule has 3 N–H and O–H groups in total. The molecule has 10 heteroatoms. The first-order chi connectivity index (χ1) is 20.8. The molecule has 0 aliphatic carbocycles. The lowest BCUT2D eigenvalue weighted by molar-refractivity contribution is -0.161. The van der Waals surface area contributed by atoms with E-state index in [2.05, 4.69) is 26.0 Å². The summed E-state index contributed by atoms with van der Waals surface area (Å²) >= 11 is 0. The first kappa shape index (κ1) is 41.5. The van der Waals surface area contributed by atoms with Crippen molar-refractivity contribution in [3.8, 4) is 0 Å². The molecule has 2 unspecified atom stereocenters. The van der Waals surface area contributed by atoms with Gasteiger partial charge in [0.1, 0.15) is 6.61 Å². The van der Waals surface area contributed by atoms with E-state index in [1.54, 1.807) is 0 Å². The van der Waals surface area contributed by atoms with Crippen molar-refractivity contribution in [3.05, 3.63) is 24.3 Å². The van der Waals surface area contributed by atoms with Gasteiger partial charge in [-0.3, -0.25) is 18.6 Å². The topological polar surface area (TPSA) is 134 Å². The summed E-state index contributed by atoms with van der Waals surface area (Å²) in [5.74, 6) is -0.912. The van der Waals surface area contributed by atoms with Crippen molar-refractivity contribution in [2.45, 2.75) is 148 Å². The van der Waals surface area contributed by atoms with E-state index in [4.69, 9.17) is 24.3 Å². The largest absolute Gasteiger partial charge is 0.472 e. The molecular weight excluding hydrogens is 569 g/mol. The molecule has 0 saturated heterocycles. The minimum atomic E-state index is -4.37. The van der Waals surface area contributed by atoms with Gasteiger partial charge in [-0.05, 0) is 32.1 Å². The molecule has 0 heterocycles. The van der Waals surface area contributed by atoms with Crippen molar-refractivity contribution >= 4 is 19.8 Å². The van der Waals surface area contributed by atoms with E-state index in [0.717, 1.165) is 32.1 Å². The standard InChI is InChI=1S/C33H62NO8P/c1-3-5-7-9-11-13-14-15-16-18-20-22-24-26-33(36)42-31(30-41-43(37,38)40-28-27-34)29-39-32(35)25-23-21-19-17-12-10-8-6-4-2/h15-16,20,22,31H,3-14,17-19,21,23-30,34H2,1-2H3,(H,37,38)/b16-15+,22-20+. The molecule has 43 heavy (non-hydrogen) atoms. The third kappa shape index (κ3) is 30.3. The molecule has 0 radical (unpaired) electrons. The van der Waals surface area contributed by atoms with E-state index in [1.165, 1.54) is 77.0 Å². The second kappa shape index (κ2) is 30.5. The van der Waals surface area contributed by atoms with Crippen LogP contribution in [-0.4, -0.2) is 49.3 Å². The first-order valence-electron chi connectivity index (χ1n) is 16.8.